The molecular formula is C41H74Na2O7S. The van der Waals surface area contributed by atoms with Crippen LogP contribution in [0.15, 0.2) is 24.3 Å². The number of unbranched alkanes of at least 4 members (excludes halogenated alkanes) is 24. The van der Waals surface area contributed by atoms with Crippen LogP contribution in [0.25, 0.3) is 0 Å². The first-order valence-corrected chi connectivity index (χ1v) is 21.8. The van der Waals surface area contributed by atoms with Crippen LogP contribution in [0, 0.1) is 5.92 Å². The Kier molecular flexibility index (Phi) is 42.1. The molecule has 0 rings (SSSR count). The van der Waals surface area contributed by atoms with Crippen LogP contribution in [-0.2, 0) is 19.7 Å². The maximum Gasteiger partial charge on any atom is 1.00 e. The molecule has 0 aromatic carbocycles. The molecule has 288 valence electrons. The van der Waals surface area contributed by atoms with Crippen LogP contribution in [0.5, 0.6) is 0 Å². The van der Waals surface area contributed by atoms with Crippen molar-refractivity contribution in [2.45, 2.75) is 218 Å². The number of carboxylic acid groups (broad SMARTS) is 2. The Labute approximate surface area is 358 Å². The topological polar surface area (TPSA) is 135 Å². The van der Waals surface area contributed by atoms with E-state index in [1.807, 2.05) is 0 Å². The minimum atomic E-state index is -5.13. The van der Waals surface area contributed by atoms with Crippen molar-refractivity contribution in [3.8, 4) is 0 Å². The first-order valence-electron chi connectivity index (χ1n) is 20.3. The van der Waals surface area contributed by atoms with Crippen LogP contribution >= 0.6 is 0 Å². The monoisotopic (exact) mass is 756 g/mol. The Balaban J connectivity index is -0.0000115. The molecule has 7 nitrogen and oxygen atoms in total. The third-order valence-electron chi connectivity index (χ3n) is 10.0. The number of carboxylic acids is 2. The van der Waals surface area contributed by atoms with Crippen molar-refractivity contribution in [2.24, 2.45) is 5.92 Å². The molecule has 0 aliphatic heterocycles. The van der Waals surface area contributed by atoms with E-state index in [0.29, 0.717) is 12.8 Å². The minimum absolute atomic E-state index is 0. The van der Waals surface area contributed by atoms with E-state index in [0.717, 1.165) is 83.5 Å². The number of aliphatic carboxylic acids is 2. The molecule has 0 spiro atoms. The molecule has 1 N–H and O–H groups in total. The quantitative estimate of drug-likeness (QED) is 0.0439. The van der Waals surface area contributed by atoms with Crippen LogP contribution in [0.1, 0.15) is 213 Å². The molecule has 0 fully saturated rings. The first-order chi connectivity index (χ1) is 23.6. The number of hydrogen-bond donors (Lipinski definition) is 1. The fourth-order valence-corrected chi connectivity index (χ4v) is 8.13. The molecular weight excluding hydrogens is 682 g/mol. The van der Waals surface area contributed by atoms with Gasteiger partial charge in [-0.15, -0.1) is 0 Å². The molecule has 0 amide bonds. The summed E-state index contributed by atoms with van der Waals surface area (Å²) in [7, 11) is -5.13. The molecule has 0 aliphatic rings. The summed E-state index contributed by atoms with van der Waals surface area (Å²) in [5.74, 6) is -4.75. The number of rotatable bonds is 37. The maximum atomic E-state index is 12.6. The second-order valence-electron chi connectivity index (χ2n) is 14.3. The van der Waals surface area contributed by atoms with E-state index < -0.39 is 39.1 Å². The molecule has 0 saturated heterocycles. The van der Waals surface area contributed by atoms with E-state index >= 15 is 0 Å². The van der Waals surface area contributed by atoms with Gasteiger partial charge in [0, 0.05) is 5.97 Å². The molecule has 0 aliphatic carbocycles. The summed E-state index contributed by atoms with van der Waals surface area (Å²) in [5, 5.41) is 24.0. The Hall–Kier alpha value is 0.330. The van der Waals surface area contributed by atoms with Crippen molar-refractivity contribution in [3.05, 3.63) is 24.3 Å². The molecule has 0 radical (unpaired) electrons. The van der Waals surface area contributed by atoms with Gasteiger partial charge < -0.3 is 19.8 Å². The summed E-state index contributed by atoms with van der Waals surface area (Å²) in [6, 6.07) is 0. The summed E-state index contributed by atoms with van der Waals surface area (Å²) in [5.41, 5.74) is 0. The normalized spacial score (nSPS) is 13.5. The van der Waals surface area contributed by atoms with Crippen LogP contribution in [0.2, 0.25) is 0 Å². The van der Waals surface area contributed by atoms with Gasteiger partial charge in [0.2, 0.25) is 0 Å². The van der Waals surface area contributed by atoms with Gasteiger partial charge in [-0.25, -0.2) is 0 Å². The molecule has 51 heavy (non-hydrogen) atoms. The Bertz CT molecular complexity index is 971. The summed E-state index contributed by atoms with van der Waals surface area (Å²) < 4.78 is 32.7. The zero-order valence-electron chi connectivity index (χ0n) is 33.6. The molecule has 2 unspecified atom stereocenters. The molecule has 0 aromatic heterocycles. The summed E-state index contributed by atoms with van der Waals surface area (Å²) in [4.78, 5) is 24.0. The SMILES string of the molecule is CCCCCCCC/C=C\CCCCCCCCC(CC(=O)[O-])C(CCCCCCCC/C=C\CCCCCCCC)(C(=O)[O-])S(=O)(=O)O.[Na+].[Na+]. The average Bonchev–Trinajstić information content (AvgIpc) is 3.04. The fourth-order valence-electron chi connectivity index (χ4n) is 6.89. The molecule has 10 heteroatoms. The van der Waals surface area contributed by atoms with Gasteiger partial charge >= 0.3 is 59.1 Å². The van der Waals surface area contributed by atoms with E-state index in [4.69, 9.17) is 0 Å². The first kappa shape index (κ1) is 55.7. The van der Waals surface area contributed by atoms with E-state index in [2.05, 4.69) is 38.2 Å². The van der Waals surface area contributed by atoms with Crippen molar-refractivity contribution in [1.82, 2.24) is 0 Å². The van der Waals surface area contributed by atoms with Gasteiger partial charge in [-0.1, -0.05) is 167 Å². The molecule has 2 atom stereocenters. The van der Waals surface area contributed by atoms with Crippen molar-refractivity contribution in [1.29, 1.82) is 0 Å². The average molecular weight is 757 g/mol. The zero-order valence-corrected chi connectivity index (χ0v) is 38.4. The summed E-state index contributed by atoms with van der Waals surface area (Å²) in [6.45, 7) is 4.46. The second kappa shape index (κ2) is 38.6. The van der Waals surface area contributed by atoms with Crippen LogP contribution < -0.4 is 69.3 Å². The smallest absolute Gasteiger partial charge is 0.550 e. The van der Waals surface area contributed by atoms with Crippen molar-refractivity contribution < 1.29 is 91.9 Å². The van der Waals surface area contributed by atoms with Crippen LogP contribution in [0.3, 0.4) is 0 Å². The number of carbonyl (C=O) groups excluding carboxylic acids is 2. The predicted molar refractivity (Wildman–Crippen MR) is 201 cm³/mol. The van der Waals surface area contributed by atoms with Gasteiger partial charge in [0.05, 0.1) is 5.97 Å². The largest absolute Gasteiger partial charge is 1.00 e. The van der Waals surface area contributed by atoms with Crippen molar-refractivity contribution >= 4 is 22.1 Å². The minimum Gasteiger partial charge on any atom is -0.550 e. The maximum absolute atomic E-state index is 12.6. The van der Waals surface area contributed by atoms with Gasteiger partial charge in [-0.05, 0) is 76.5 Å². The van der Waals surface area contributed by atoms with E-state index in [1.54, 1.807) is 0 Å². The Morgan fingerprint density at radius 1 is 0.549 bits per heavy atom. The summed E-state index contributed by atoms with van der Waals surface area (Å²) >= 11 is 0. The van der Waals surface area contributed by atoms with Gasteiger partial charge in [0.1, 0.15) is 4.75 Å². The summed E-state index contributed by atoms with van der Waals surface area (Å²) in [6.07, 6.45) is 38.1. The van der Waals surface area contributed by atoms with E-state index in [1.165, 1.54) is 77.0 Å². The molecule has 0 saturated carbocycles. The van der Waals surface area contributed by atoms with Gasteiger partial charge in [0.25, 0.3) is 10.1 Å². The third kappa shape index (κ3) is 30.3. The molecule has 0 heterocycles. The standard InChI is InChI=1S/C41H76O7S.2Na/c1-3-5-7-9-11-13-15-17-19-21-23-25-27-29-31-33-35-38(37-39(42)43)41(40(44)45,49(46,47)48)36-34-32-30-28-26-24-22-20-18-16-14-12-10-8-6-4-2;;/h17-20,38H,3-16,21-37H2,1-2H3,(H,42,43)(H,44,45)(H,46,47,48);;/q;2*+1/p-2/b19-17-,20-18-;;. The van der Waals surface area contributed by atoms with Crippen LogP contribution in [0.4, 0.5) is 0 Å². The van der Waals surface area contributed by atoms with Crippen molar-refractivity contribution in [2.75, 3.05) is 0 Å². The van der Waals surface area contributed by atoms with Gasteiger partial charge in [-0.2, -0.15) is 8.42 Å². The van der Waals surface area contributed by atoms with E-state index in [-0.39, 0.29) is 78.4 Å². The number of carbonyl (C=O) groups is 2. The van der Waals surface area contributed by atoms with Gasteiger partial charge in [0.15, 0.2) is 0 Å². The molecule has 0 bridgehead atoms. The third-order valence-corrected chi connectivity index (χ3v) is 11.6. The predicted octanol–water partition coefficient (Wildman–Crippen LogP) is 3.98. The van der Waals surface area contributed by atoms with Crippen LogP contribution in [-0.4, -0.2) is 29.7 Å². The fraction of sp³-hybridized carbons (Fsp3) is 0.854. The van der Waals surface area contributed by atoms with Crippen molar-refractivity contribution in [3.63, 3.8) is 0 Å². The second-order valence-corrected chi connectivity index (χ2v) is 16.0. The number of hydrogen-bond acceptors (Lipinski definition) is 6. The molecule has 0 aromatic rings. The zero-order chi connectivity index (χ0) is 36.5. The van der Waals surface area contributed by atoms with Gasteiger partial charge in [-0.3, -0.25) is 4.55 Å². The Morgan fingerprint density at radius 2 is 0.863 bits per heavy atom. The number of allylic oxidation sites excluding steroid dienone is 4. The van der Waals surface area contributed by atoms with E-state index in [9.17, 15) is 32.8 Å². The Morgan fingerprint density at radius 3 is 1.18 bits per heavy atom.